The van der Waals surface area contributed by atoms with Gasteiger partial charge in [0.1, 0.15) is 22.9 Å². The predicted molar refractivity (Wildman–Crippen MR) is 94.7 cm³/mol. The van der Waals surface area contributed by atoms with Gasteiger partial charge in [-0.05, 0) is 37.3 Å². The minimum absolute atomic E-state index is 0.170. The van der Waals surface area contributed by atoms with Crippen molar-refractivity contribution in [2.45, 2.75) is 13.5 Å². The third-order valence-corrected chi connectivity index (χ3v) is 4.05. The first-order valence-electron chi connectivity index (χ1n) is 7.92. The van der Waals surface area contributed by atoms with E-state index < -0.39 is 23.0 Å². The molecule has 0 aliphatic heterocycles. The Balaban J connectivity index is 2.11. The summed E-state index contributed by atoms with van der Waals surface area (Å²) in [7, 11) is 1.48. The summed E-state index contributed by atoms with van der Waals surface area (Å²) in [6, 6.07) is 7.69. The summed E-state index contributed by atoms with van der Waals surface area (Å²) in [5.74, 6) is -1.83. The second-order valence-electron chi connectivity index (χ2n) is 5.62. The van der Waals surface area contributed by atoms with E-state index in [0.717, 1.165) is 18.2 Å². The molecule has 0 atom stereocenters. The number of benzene rings is 2. The van der Waals surface area contributed by atoms with E-state index in [9.17, 15) is 18.4 Å². The van der Waals surface area contributed by atoms with Gasteiger partial charge in [-0.1, -0.05) is 0 Å². The van der Waals surface area contributed by atoms with Crippen molar-refractivity contribution in [2.75, 3.05) is 12.4 Å². The topological polar surface area (TPSA) is 60.3 Å². The molecular weight excluding hydrogens is 342 g/mol. The molecule has 0 aliphatic rings. The van der Waals surface area contributed by atoms with Crippen LogP contribution in [0.5, 0.6) is 5.75 Å². The van der Waals surface area contributed by atoms with E-state index in [4.69, 9.17) is 4.74 Å². The number of nitrogens with zero attached hydrogens (tertiary/aromatic N) is 1. The largest absolute Gasteiger partial charge is 0.497 e. The van der Waals surface area contributed by atoms with Crippen LogP contribution in [0.15, 0.2) is 47.4 Å². The minimum atomic E-state index is -0.814. The van der Waals surface area contributed by atoms with Gasteiger partial charge in [0.05, 0.1) is 23.7 Å². The van der Waals surface area contributed by atoms with Gasteiger partial charge in [-0.3, -0.25) is 9.59 Å². The van der Waals surface area contributed by atoms with Crippen LogP contribution < -0.4 is 15.5 Å². The second kappa shape index (κ2) is 6.95. The maximum Gasteiger partial charge on any atom is 0.261 e. The van der Waals surface area contributed by atoms with E-state index in [1.165, 1.54) is 13.3 Å². The fourth-order valence-corrected chi connectivity index (χ4v) is 2.71. The molecule has 0 aliphatic carbocycles. The van der Waals surface area contributed by atoms with Crippen molar-refractivity contribution in [3.63, 3.8) is 0 Å². The summed E-state index contributed by atoms with van der Waals surface area (Å²) in [6.45, 7) is 2.37. The number of carbonyl (C=O) groups is 1. The van der Waals surface area contributed by atoms with Crippen LogP contribution in [0, 0.1) is 11.6 Å². The van der Waals surface area contributed by atoms with E-state index >= 15 is 0 Å². The molecule has 134 valence electrons. The molecule has 1 heterocycles. The Morgan fingerprint density at radius 3 is 2.65 bits per heavy atom. The van der Waals surface area contributed by atoms with E-state index in [0.29, 0.717) is 23.2 Å². The maximum atomic E-state index is 13.8. The Labute approximate surface area is 147 Å². The summed E-state index contributed by atoms with van der Waals surface area (Å²) >= 11 is 0. The van der Waals surface area contributed by atoms with Crippen LogP contribution in [-0.2, 0) is 6.54 Å². The van der Waals surface area contributed by atoms with Crippen LogP contribution in [-0.4, -0.2) is 17.6 Å². The highest BCUT2D eigenvalue weighted by atomic mass is 19.1. The summed E-state index contributed by atoms with van der Waals surface area (Å²) in [5.41, 5.74) is -0.371. The van der Waals surface area contributed by atoms with Crippen molar-refractivity contribution < 1.29 is 18.3 Å². The van der Waals surface area contributed by atoms with E-state index in [1.807, 2.05) is 6.92 Å². The number of pyridine rings is 1. The molecule has 0 bridgehead atoms. The number of amides is 1. The molecule has 7 heteroatoms. The third-order valence-electron chi connectivity index (χ3n) is 4.05. The van der Waals surface area contributed by atoms with E-state index in [1.54, 1.807) is 22.8 Å². The van der Waals surface area contributed by atoms with Gasteiger partial charge in [-0.25, -0.2) is 8.78 Å². The number of carbonyl (C=O) groups excluding carboxylic acids is 1. The molecule has 3 aromatic rings. The maximum absolute atomic E-state index is 13.8. The monoisotopic (exact) mass is 358 g/mol. The zero-order valence-electron chi connectivity index (χ0n) is 14.2. The number of hydrogen-bond donors (Lipinski definition) is 1. The molecule has 26 heavy (non-hydrogen) atoms. The average Bonchev–Trinajstić information content (AvgIpc) is 2.64. The van der Waals surface area contributed by atoms with Crippen LogP contribution in [0.25, 0.3) is 10.9 Å². The average molecular weight is 358 g/mol. The summed E-state index contributed by atoms with van der Waals surface area (Å²) in [4.78, 5) is 25.3. The number of aryl methyl sites for hydroxylation is 1. The normalized spacial score (nSPS) is 10.8. The summed E-state index contributed by atoms with van der Waals surface area (Å²) in [5, 5.41) is 2.56. The number of fused-ring (bicyclic) bond motifs is 1. The molecule has 0 fully saturated rings. The van der Waals surface area contributed by atoms with Crippen molar-refractivity contribution in [1.29, 1.82) is 0 Å². The number of methoxy groups -OCH3 is 1. The van der Waals surface area contributed by atoms with Crippen molar-refractivity contribution in [1.82, 2.24) is 4.57 Å². The number of aromatic nitrogens is 1. The van der Waals surface area contributed by atoms with Crippen molar-refractivity contribution in [3.05, 3.63) is 70.0 Å². The Kier molecular flexibility index (Phi) is 4.71. The first-order valence-corrected chi connectivity index (χ1v) is 7.92. The number of hydrogen-bond acceptors (Lipinski definition) is 3. The fourth-order valence-electron chi connectivity index (χ4n) is 2.71. The molecule has 0 unspecified atom stereocenters. The Morgan fingerprint density at radius 1 is 1.19 bits per heavy atom. The quantitative estimate of drug-likeness (QED) is 0.776. The summed E-state index contributed by atoms with van der Waals surface area (Å²) in [6.07, 6.45) is 1.41. The number of rotatable bonds is 4. The smallest absolute Gasteiger partial charge is 0.261 e. The molecule has 0 radical (unpaired) electrons. The number of anilines is 1. The summed E-state index contributed by atoms with van der Waals surface area (Å²) < 4.78 is 33.9. The van der Waals surface area contributed by atoms with Gasteiger partial charge in [-0.15, -0.1) is 0 Å². The van der Waals surface area contributed by atoms with Gasteiger partial charge >= 0.3 is 0 Å². The molecular formula is C19H16F2N2O3. The predicted octanol–water partition coefficient (Wildman–Crippen LogP) is 3.56. The minimum Gasteiger partial charge on any atom is -0.497 e. The van der Waals surface area contributed by atoms with E-state index in [2.05, 4.69) is 5.32 Å². The van der Waals surface area contributed by atoms with Crippen molar-refractivity contribution >= 4 is 22.5 Å². The first-order chi connectivity index (χ1) is 12.4. The van der Waals surface area contributed by atoms with Crippen molar-refractivity contribution in [3.8, 4) is 5.75 Å². The van der Waals surface area contributed by atoms with Crippen LogP contribution in [0.1, 0.15) is 17.3 Å². The van der Waals surface area contributed by atoms with Crippen LogP contribution in [0.2, 0.25) is 0 Å². The van der Waals surface area contributed by atoms with Crippen molar-refractivity contribution in [2.24, 2.45) is 0 Å². The van der Waals surface area contributed by atoms with Gasteiger partial charge in [0, 0.05) is 18.8 Å². The highest BCUT2D eigenvalue weighted by Gasteiger charge is 2.17. The molecule has 1 amide bonds. The highest BCUT2D eigenvalue weighted by Crippen LogP contribution is 2.20. The highest BCUT2D eigenvalue weighted by molar-refractivity contribution is 6.05. The van der Waals surface area contributed by atoms with Gasteiger partial charge in [-0.2, -0.15) is 0 Å². The zero-order chi connectivity index (χ0) is 18.8. The molecule has 1 N–H and O–H groups in total. The lowest BCUT2D eigenvalue weighted by molar-refractivity contribution is 0.102. The SMILES string of the molecule is CCn1cc(C(=O)Nc2cc(F)ccc2F)c(=O)c2cc(OC)ccc21. The number of ether oxygens (including phenoxy) is 1. The van der Waals surface area contributed by atoms with Gasteiger partial charge in [0.25, 0.3) is 5.91 Å². The lowest BCUT2D eigenvalue weighted by Gasteiger charge is -2.13. The molecule has 2 aromatic carbocycles. The fraction of sp³-hybridized carbons (Fsp3) is 0.158. The number of halogens is 2. The second-order valence-corrected chi connectivity index (χ2v) is 5.62. The molecule has 3 rings (SSSR count). The van der Waals surface area contributed by atoms with Crippen LogP contribution in [0.4, 0.5) is 14.5 Å². The zero-order valence-corrected chi connectivity index (χ0v) is 14.2. The van der Waals surface area contributed by atoms with Gasteiger partial charge < -0.3 is 14.6 Å². The molecule has 0 saturated heterocycles. The van der Waals surface area contributed by atoms with Gasteiger partial charge in [0.2, 0.25) is 5.43 Å². The Bertz CT molecular complexity index is 1060. The Morgan fingerprint density at radius 2 is 1.96 bits per heavy atom. The Hall–Kier alpha value is -3.22. The van der Waals surface area contributed by atoms with E-state index in [-0.39, 0.29) is 11.3 Å². The number of nitrogens with one attached hydrogen (secondary N) is 1. The first kappa shape index (κ1) is 17.6. The lowest BCUT2D eigenvalue weighted by Crippen LogP contribution is -2.24. The molecule has 0 spiro atoms. The molecule has 1 aromatic heterocycles. The van der Waals surface area contributed by atoms with Crippen LogP contribution in [0.3, 0.4) is 0 Å². The third kappa shape index (κ3) is 3.15. The molecule has 5 nitrogen and oxygen atoms in total. The lowest BCUT2D eigenvalue weighted by atomic mass is 10.1. The standard InChI is InChI=1S/C19H16F2N2O3/c1-3-23-10-14(18(24)13-9-12(26-2)5-7-17(13)23)19(25)22-16-8-11(20)4-6-15(16)21/h4-10H,3H2,1-2H3,(H,22,25). The van der Waals surface area contributed by atoms with Crippen LogP contribution >= 0.6 is 0 Å². The molecule has 0 saturated carbocycles. The van der Waals surface area contributed by atoms with Gasteiger partial charge in [0.15, 0.2) is 0 Å².